The van der Waals surface area contributed by atoms with Crippen LogP contribution in [0.1, 0.15) is 28.9 Å². The first-order valence-electron chi connectivity index (χ1n) is 6.22. The van der Waals surface area contributed by atoms with Crippen LogP contribution in [0, 0.1) is 0 Å². The van der Waals surface area contributed by atoms with Crippen molar-refractivity contribution in [1.82, 2.24) is 0 Å². The number of carbonyl (C=O) groups is 1. The first kappa shape index (κ1) is 15.0. The largest absolute Gasteiger partial charge is 0.366 e. The highest BCUT2D eigenvalue weighted by Crippen LogP contribution is 2.23. The summed E-state index contributed by atoms with van der Waals surface area (Å²) in [5.41, 5.74) is 1.54. The van der Waals surface area contributed by atoms with E-state index in [1.54, 1.807) is 18.2 Å². The van der Waals surface area contributed by atoms with Gasteiger partial charge in [0.2, 0.25) is 0 Å². The molecule has 0 radical (unpaired) electrons. The predicted molar refractivity (Wildman–Crippen MR) is 81.6 cm³/mol. The topological polar surface area (TPSA) is 26.3 Å². The third kappa shape index (κ3) is 3.83. The fourth-order valence-corrected chi connectivity index (χ4v) is 2.07. The quantitative estimate of drug-likeness (QED) is 0.730. The maximum absolute atomic E-state index is 12.0. The number of hydrogen-bond donors (Lipinski definition) is 0. The molecule has 0 aliphatic heterocycles. The summed E-state index contributed by atoms with van der Waals surface area (Å²) in [4.78, 5) is 12.0. The highest BCUT2D eigenvalue weighted by molar-refractivity contribution is 6.42. The van der Waals surface area contributed by atoms with E-state index in [1.807, 2.05) is 37.3 Å². The highest BCUT2D eigenvalue weighted by atomic mass is 35.5. The second-order valence-corrected chi connectivity index (χ2v) is 5.23. The molecule has 20 heavy (non-hydrogen) atoms. The second-order valence-electron chi connectivity index (χ2n) is 4.42. The number of rotatable bonds is 5. The van der Waals surface area contributed by atoms with Gasteiger partial charge in [-0.2, -0.15) is 0 Å². The maximum atomic E-state index is 12.0. The van der Waals surface area contributed by atoms with Crippen LogP contribution in [0.4, 0.5) is 0 Å². The lowest BCUT2D eigenvalue weighted by atomic mass is 10.1. The van der Waals surface area contributed by atoms with Crippen LogP contribution in [0.3, 0.4) is 0 Å². The number of ether oxygens (including phenoxy) is 1. The van der Waals surface area contributed by atoms with Gasteiger partial charge in [0.1, 0.15) is 6.61 Å². The number of carbonyl (C=O) groups excluding carboxylic acids is 1. The summed E-state index contributed by atoms with van der Waals surface area (Å²) in [6.07, 6.45) is -0.136. The molecule has 2 rings (SSSR count). The minimum atomic E-state index is -0.136. The predicted octanol–water partition coefficient (Wildman–Crippen LogP) is 4.95. The Morgan fingerprint density at radius 2 is 1.80 bits per heavy atom. The lowest BCUT2D eigenvalue weighted by Crippen LogP contribution is -2.11. The molecule has 0 saturated heterocycles. The summed E-state index contributed by atoms with van der Waals surface area (Å²) in [5.74, 6) is -0.119. The molecular weight excluding hydrogens is 295 g/mol. The molecule has 0 bridgehead atoms. The molecule has 0 spiro atoms. The van der Waals surface area contributed by atoms with Crippen molar-refractivity contribution < 1.29 is 9.53 Å². The van der Waals surface area contributed by atoms with Gasteiger partial charge >= 0.3 is 0 Å². The van der Waals surface area contributed by atoms with E-state index >= 15 is 0 Å². The van der Waals surface area contributed by atoms with Gasteiger partial charge in [-0.15, -0.1) is 0 Å². The Kier molecular flexibility index (Phi) is 5.18. The van der Waals surface area contributed by atoms with Crippen LogP contribution in [0.2, 0.25) is 10.0 Å². The van der Waals surface area contributed by atoms with Gasteiger partial charge in [0, 0.05) is 5.56 Å². The molecule has 104 valence electrons. The van der Waals surface area contributed by atoms with Crippen molar-refractivity contribution in [3.8, 4) is 0 Å². The molecule has 1 unspecified atom stereocenters. The number of Topliss-reactive ketones (excluding diaryl/α,β-unsaturated/α-hetero) is 1. The zero-order chi connectivity index (χ0) is 14.5. The normalized spacial score (nSPS) is 12.2. The molecular formula is C16H14Cl2O2. The maximum Gasteiger partial charge on any atom is 0.188 e. The Hall–Kier alpha value is -1.35. The zero-order valence-corrected chi connectivity index (χ0v) is 12.5. The van der Waals surface area contributed by atoms with E-state index in [1.165, 1.54) is 0 Å². The Labute approximate surface area is 128 Å². The van der Waals surface area contributed by atoms with E-state index in [0.717, 1.165) is 5.56 Å². The molecule has 4 heteroatoms. The molecule has 1 atom stereocenters. The van der Waals surface area contributed by atoms with Crippen LogP contribution in [0.15, 0.2) is 48.5 Å². The molecule has 0 aliphatic rings. The number of ketones is 1. The standard InChI is InChI=1S/C16H14Cl2O2/c1-11(12-5-3-2-4-6-12)20-10-16(19)13-7-8-14(17)15(18)9-13/h2-9,11H,10H2,1H3. The first-order chi connectivity index (χ1) is 9.58. The minimum absolute atomic E-state index is 0.00796. The highest BCUT2D eigenvalue weighted by Gasteiger charge is 2.11. The van der Waals surface area contributed by atoms with E-state index in [9.17, 15) is 4.79 Å². The van der Waals surface area contributed by atoms with Crippen molar-refractivity contribution in [3.05, 3.63) is 69.7 Å². The SMILES string of the molecule is CC(OCC(=O)c1ccc(Cl)c(Cl)c1)c1ccccc1. The van der Waals surface area contributed by atoms with Gasteiger partial charge in [-0.05, 0) is 30.7 Å². The van der Waals surface area contributed by atoms with E-state index in [4.69, 9.17) is 27.9 Å². The fourth-order valence-electron chi connectivity index (χ4n) is 1.77. The average molecular weight is 309 g/mol. The summed E-state index contributed by atoms with van der Waals surface area (Å²) in [6.45, 7) is 1.92. The van der Waals surface area contributed by atoms with Gasteiger partial charge in [0.05, 0.1) is 16.1 Å². The van der Waals surface area contributed by atoms with Crippen LogP contribution in [0.25, 0.3) is 0 Å². The van der Waals surface area contributed by atoms with E-state index in [0.29, 0.717) is 15.6 Å². The summed E-state index contributed by atoms with van der Waals surface area (Å²) >= 11 is 11.7. The summed E-state index contributed by atoms with van der Waals surface area (Å²) in [7, 11) is 0. The third-order valence-corrected chi connectivity index (χ3v) is 3.71. The van der Waals surface area contributed by atoms with E-state index in [-0.39, 0.29) is 18.5 Å². The van der Waals surface area contributed by atoms with Crippen molar-refractivity contribution in [2.45, 2.75) is 13.0 Å². The molecule has 2 nitrogen and oxygen atoms in total. The fraction of sp³-hybridized carbons (Fsp3) is 0.188. The van der Waals surface area contributed by atoms with Crippen molar-refractivity contribution in [3.63, 3.8) is 0 Å². The number of halogens is 2. The molecule has 0 heterocycles. The zero-order valence-electron chi connectivity index (χ0n) is 11.0. The minimum Gasteiger partial charge on any atom is -0.366 e. The molecule has 0 saturated carbocycles. The summed E-state index contributed by atoms with van der Waals surface area (Å²) in [6, 6.07) is 14.6. The lowest BCUT2D eigenvalue weighted by molar-refractivity contribution is 0.0521. The van der Waals surface area contributed by atoms with Gasteiger partial charge in [0.25, 0.3) is 0 Å². The van der Waals surface area contributed by atoms with Gasteiger partial charge in [-0.3, -0.25) is 4.79 Å². The smallest absolute Gasteiger partial charge is 0.188 e. The van der Waals surface area contributed by atoms with Crippen molar-refractivity contribution in [1.29, 1.82) is 0 Å². The van der Waals surface area contributed by atoms with E-state index < -0.39 is 0 Å². The Morgan fingerprint density at radius 3 is 2.45 bits per heavy atom. The van der Waals surface area contributed by atoms with E-state index in [2.05, 4.69) is 0 Å². The van der Waals surface area contributed by atoms with Crippen molar-refractivity contribution in [2.24, 2.45) is 0 Å². The van der Waals surface area contributed by atoms with Gasteiger partial charge in [-0.1, -0.05) is 53.5 Å². The molecule has 2 aromatic carbocycles. The lowest BCUT2D eigenvalue weighted by Gasteiger charge is -2.13. The average Bonchev–Trinajstić information content (AvgIpc) is 2.48. The van der Waals surface area contributed by atoms with Crippen LogP contribution in [-0.4, -0.2) is 12.4 Å². The van der Waals surface area contributed by atoms with Crippen LogP contribution < -0.4 is 0 Å². The van der Waals surface area contributed by atoms with Crippen LogP contribution in [0.5, 0.6) is 0 Å². The van der Waals surface area contributed by atoms with Gasteiger partial charge in [-0.25, -0.2) is 0 Å². The van der Waals surface area contributed by atoms with Crippen LogP contribution in [-0.2, 0) is 4.74 Å². The Bertz CT molecular complexity index is 597. The number of benzene rings is 2. The van der Waals surface area contributed by atoms with Crippen molar-refractivity contribution in [2.75, 3.05) is 6.61 Å². The van der Waals surface area contributed by atoms with Crippen LogP contribution >= 0.6 is 23.2 Å². The number of hydrogen-bond acceptors (Lipinski definition) is 2. The molecule has 2 aromatic rings. The summed E-state index contributed by atoms with van der Waals surface area (Å²) in [5, 5.41) is 0.801. The van der Waals surface area contributed by atoms with Crippen molar-refractivity contribution >= 4 is 29.0 Å². The molecule has 0 amide bonds. The third-order valence-electron chi connectivity index (χ3n) is 2.97. The first-order valence-corrected chi connectivity index (χ1v) is 6.98. The Balaban J connectivity index is 1.97. The Morgan fingerprint density at radius 1 is 1.10 bits per heavy atom. The summed E-state index contributed by atoms with van der Waals surface area (Å²) < 4.78 is 5.59. The molecule has 0 N–H and O–H groups in total. The molecule has 0 fully saturated rings. The monoisotopic (exact) mass is 308 g/mol. The second kappa shape index (κ2) is 6.89. The van der Waals surface area contributed by atoms with Gasteiger partial charge < -0.3 is 4.74 Å². The molecule has 0 aromatic heterocycles. The van der Waals surface area contributed by atoms with Gasteiger partial charge in [0.15, 0.2) is 5.78 Å². The molecule has 0 aliphatic carbocycles.